The lowest BCUT2D eigenvalue weighted by Gasteiger charge is -2.16. The molecule has 9 nitrogen and oxygen atoms in total. The molecular weight excluding hydrogens is 318 g/mol. The van der Waals surface area contributed by atoms with Crippen molar-refractivity contribution in [2.45, 2.75) is 33.7 Å². The van der Waals surface area contributed by atoms with E-state index in [-0.39, 0.29) is 30.4 Å². The summed E-state index contributed by atoms with van der Waals surface area (Å²) in [4.78, 5) is 22.3. The van der Waals surface area contributed by atoms with Gasteiger partial charge in [0.15, 0.2) is 5.75 Å². The van der Waals surface area contributed by atoms with Crippen LogP contribution in [0.5, 0.6) is 11.5 Å². The van der Waals surface area contributed by atoms with Crippen LogP contribution < -0.4 is 20.3 Å². The van der Waals surface area contributed by atoms with E-state index in [9.17, 15) is 14.9 Å². The molecular formula is C15H23N3O6. The Labute approximate surface area is 140 Å². The van der Waals surface area contributed by atoms with E-state index in [4.69, 9.17) is 14.2 Å². The summed E-state index contributed by atoms with van der Waals surface area (Å²) < 4.78 is 15.6. The molecule has 1 rings (SSSR count). The Balaban J connectivity index is 3.02. The Bertz CT molecular complexity index is 579. The quantitative estimate of drug-likeness (QED) is 0.379. The third-order valence-corrected chi connectivity index (χ3v) is 2.89. The average Bonchev–Trinajstić information content (AvgIpc) is 2.54. The Hall–Kier alpha value is -2.55. The largest absolute Gasteiger partial charge is 0.490 e. The predicted octanol–water partition coefficient (Wildman–Crippen LogP) is 2.26. The number of carbonyl (C=O) groups is 1. The minimum absolute atomic E-state index is 0.0772. The number of nitrogens with one attached hydrogen (secondary N) is 2. The van der Waals surface area contributed by atoms with Crippen LogP contribution in [0.1, 0.15) is 27.7 Å². The summed E-state index contributed by atoms with van der Waals surface area (Å²) in [6, 6.07) is 2.23. The maximum Gasteiger partial charge on any atom is 0.324 e. The highest BCUT2D eigenvalue weighted by molar-refractivity contribution is 5.75. The van der Waals surface area contributed by atoms with Crippen LogP contribution in [0.15, 0.2) is 12.1 Å². The number of nitrogens with zero attached hydrogens (tertiary/aromatic N) is 1. The molecule has 0 fully saturated rings. The van der Waals surface area contributed by atoms with Crippen molar-refractivity contribution in [3.63, 3.8) is 0 Å². The molecule has 1 atom stereocenters. The lowest BCUT2D eigenvalue weighted by molar-refractivity contribution is -0.385. The zero-order valence-electron chi connectivity index (χ0n) is 14.3. The predicted molar refractivity (Wildman–Crippen MR) is 88.3 cm³/mol. The number of nitro groups is 1. The van der Waals surface area contributed by atoms with Crippen molar-refractivity contribution in [3.8, 4) is 11.5 Å². The molecule has 0 bridgehead atoms. The second-order valence-corrected chi connectivity index (χ2v) is 4.69. The van der Waals surface area contributed by atoms with Crippen molar-refractivity contribution < 1.29 is 23.9 Å². The van der Waals surface area contributed by atoms with Gasteiger partial charge in [-0.15, -0.1) is 0 Å². The van der Waals surface area contributed by atoms with Crippen molar-refractivity contribution in [1.29, 1.82) is 0 Å². The fourth-order valence-corrected chi connectivity index (χ4v) is 1.87. The highest BCUT2D eigenvalue weighted by Crippen LogP contribution is 2.40. The van der Waals surface area contributed by atoms with Crippen LogP contribution >= 0.6 is 0 Å². The lowest BCUT2D eigenvalue weighted by Crippen LogP contribution is -2.39. The fraction of sp³-hybridized carbons (Fsp3) is 0.533. The van der Waals surface area contributed by atoms with Crippen molar-refractivity contribution in [2.24, 2.45) is 0 Å². The molecule has 0 saturated carbocycles. The molecule has 0 aromatic heterocycles. The topological polar surface area (TPSA) is 112 Å². The number of esters is 1. The van der Waals surface area contributed by atoms with Crippen LogP contribution in [0.2, 0.25) is 0 Å². The van der Waals surface area contributed by atoms with E-state index < -0.39 is 16.9 Å². The summed E-state index contributed by atoms with van der Waals surface area (Å²) in [6.07, 6.45) is 0. The van der Waals surface area contributed by atoms with E-state index >= 15 is 0 Å². The zero-order valence-corrected chi connectivity index (χ0v) is 14.3. The second kappa shape index (κ2) is 9.56. The van der Waals surface area contributed by atoms with Gasteiger partial charge in [0.05, 0.1) is 30.4 Å². The SMILES string of the molecule is CCOC(=O)C(C)NNc1cc(OCC)c(OCC)c([N+](=O)[O-])c1. The van der Waals surface area contributed by atoms with Crippen LogP contribution in [0.25, 0.3) is 0 Å². The van der Waals surface area contributed by atoms with Crippen LogP contribution in [-0.2, 0) is 9.53 Å². The Morgan fingerprint density at radius 2 is 1.88 bits per heavy atom. The zero-order chi connectivity index (χ0) is 18.1. The van der Waals surface area contributed by atoms with Gasteiger partial charge in [-0.05, 0) is 27.7 Å². The molecule has 2 N–H and O–H groups in total. The van der Waals surface area contributed by atoms with Gasteiger partial charge in [0.25, 0.3) is 0 Å². The highest BCUT2D eigenvalue weighted by Gasteiger charge is 2.23. The van der Waals surface area contributed by atoms with Crippen molar-refractivity contribution >= 4 is 17.3 Å². The van der Waals surface area contributed by atoms with Crippen LogP contribution in [0.4, 0.5) is 11.4 Å². The van der Waals surface area contributed by atoms with Gasteiger partial charge in [-0.25, -0.2) is 5.43 Å². The number of hydrogen-bond donors (Lipinski definition) is 2. The first kappa shape index (κ1) is 19.5. The van der Waals surface area contributed by atoms with Gasteiger partial charge in [0, 0.05) is 12.1 Å². The first-order chi connectivity index (χ1) is 11.4. The summed E-state index contributed by atoms with van der Waals surface area (Å²) in [7, 11) is 0. The van der Waals surface area contributed by atoms with Crippen LogP contribution in [0.3, 0.4) is 0 Å². The summed E-state index contributed by atoms with van der Waals surface area (Å²) in [5.41, 5.74) is 5.62. The minimum Gasteiger partial charge on any atom is -0.490 e. The van der Waals surface area contributed by atoms with Gasteiger partial charge in [0.2, 0.25) is 5.75 Å². The van der Waals surface area contributed by atoms with Gasteiger partial charge >= 0.3 is 11.7 Å². The number of benzene rings is 1. The summed E-state index contributed by atoms with van der Waals surface area (Å²) in [5.74, 6) is -0.106. The average molecular weight is 341 g/mol. The summed E-state index contributed by atoms with van der Waals surface area (Å²) in [5, 5.41) is 11.3. The molecule has 0 amide bonds. The lowest BCUT2D eigenvalue weighted by atomic mass is 10.2. The van der Waals surface area contributed by atoms with Crippen molar-refractivity contribution in [3.05, 3.63) is 22.2 Å². The molecule has 9 heteroatoms. The van der Waals surface area contributed by atoms with Gasteiger partial charge in [-0.3, -0.25) is 14.9 Å². The number of rotatable bonds is 10. The van der Waals surface area contributed by atoms with Crippen LogP contribution in [0, 0.1) is 10.1 Å². The Morgan fingerprint density at radius 1 is 1.21 bits per heavy atom. The van der Waals surface area contributed by atoms with E-state index in [2.05, 4.69) is 10.9 Å². The smallest absolute Gasteiger partial charge is 0.324 e. The highest BCUT2D eigenvalue weighted by atomic mass is 16.6. The maximum absolute atomic E-state index is 11.6. The fourth-order valence-electron chi connectivity index (χ4n) is 1.87. The minimum atomic E-state index is -0.633. The van der Waals surface area contributed by atoms with Gasteiger partial charge in [-0.2, -0.15) is 0 Å². The summed E-state index contributed by atoms with van der Waals surface area (Å²) in [6.45, 7) is 7.68. The van der Waals surface area contributed by atoms with E-state index in [0.717, 1.165) is 0 Å². The number of hydrazine groups is 1. The molecule has 24 heavy (non-hydrogen) atoms. The third-order valence-electron chi connectivity index (χ3n) is 2.89. The molecule has 0 radical (unpaired) electrons. The molecule has 0 spiro atoms. The van der Waals surface area contributed by atoms with Gasteiger partial charge in [0.1, 0.15) is 6.04 Å². The number of nitro benzene ring substituents is 1. The van der Waals surface area contributed by atoms with Crippen LogP contribution in [-0.4, -0.2) is 36.8 Å². The maximum atomic E-state index is 11.6. The number of carbonyl (C=O) groups excluding carboxylic acids is 1. The van der Waals surface area contributed by atoms with Gasteiger partial charge in [-0.1, -0.05) is 0 Å². The van der Waals surface area contributed by atoms with E-state index in [0.29, 0.717) is 12.3 Å². The first-order valence-corrected chi connectivity index (χ1v) is 7.70. The number of ether oxygens (including phenoxy) is 3. The van der Waals surface area contributed by atoms with E-state index in [1.807, 2.05) is 0 Å². The number of hydrogen-bond acceptors (Lipinski definition) is 8. The van der Waals surface area contributed by atoms with Crippen molar-refractivity contribution in [1.82, 2.24) is 5.43 Å². The summed E-state index contributed by atoms with van der Waals surface area (Å²) >= 11 is 0. The molecule has 134 valence electrons. The monoisotopic (exact) mass is 341 g/mol. The molecule has 0 heterocycles. The van der Waals surface area contributed by atoms with Crippen molar-refractivity contribution in [2.75, 3.05) is 25.2 Å². The molecule has 1 aromatic rings. The van der Waals surface area contributed by atoms with E-state index in [1.54, 1.807) is 33.8 Å². The molecule has 0 aliphatic rings. The number of anilines is 1. The Morgan fingerprint density at radius 3 is 2.42 bits per heavy atom. The standard InChI is InChI=1S/C15H23N3O6/c1-5-22-13-9-11(17-16-10(4)15(19)24-7-3)8-12(18(20)21)14(13)23-6-2/h8-10,16-17H,5-7H2,1-4H3. The molecule has 1 aromatic carbocycles. The van der Waals surface area contributed by atoms with Gasteiger partial charge < -0.3 is 19.6 Å². The molecule has 1 unspecified atom stereocenters. The second-order valence-electron chi connectivity index (χ2n) is 4.69. The first-order valence-electron chi connectivity index (χ1n) is 7.70. The Kier molecular flexibility index (Phi) is 7.76. The normalized spacial score (nSPS) is 11.5. The molecule has 0 saturated heterocycles. The molecule has 0 aliphatic carbocycles. The van der Waals surface area contributed by atoms with E-state index in [1.165, 1.54) is 6.07 Å². The third kappa shape index (κ3) is 5.27. The molecule has 0 aliphatic heterocycles.